The molecule has 1 fully saturated rings. The molecule has 0 bridgehead atoms. The minimum absolute atomic E-state index is 0.308. The van der Waals surface area contributed by atoms with Crippen molar-refractivity contribution in [1.82, 2.24) is 9.88 Å². The Morgan fingerprint density at radius 2 is 2.10 bits per heavy atom. The van der Waals surface area contributed by atoms with Crippen molar-refractivity contribution in [2.24, 2.45) is 5.73 Å². The molecule has 3 heteroatoms. The van der Waals surface area contributed by atoms with E-state index in [1.807, 2.05) is 12.3 Å². The van der Waals surface area contributed by atoms with Gasteiger partial charge in [-0.3, -0.25) is 9.88 Å². The largest absolute Gasteiger partial charge is 0.329 e. The number of nitrogens with zero attached hydrogens (tertiary/aromatic N) is 2. The van der Waals surface area contributed by atoms with E-state index in [0.717, 1.165) is 5.52 Å². The molecule has 0 spiro atoms. The molecule has 1 unspecified atom stereocenters. The topological polar surface area (TPSA) is 42.1 Å². The first-order valence-electron chi connectivity index (χ1n) is 7.56. The molecule has 0 aliphatic heterocycles. The molecule has 1 aromatic carbocycles. The van der Waals surface area contributed by atoms with E-state index in [1.165, 1.54) is 36.6 Å². The van der Waals surface area contributed by atoms with E-state index in [2.05, 4.69) is 41.2 Å². The molecule has 1 aliphatic rings. The number of pyridine rings is 1. The fourth-order valence-electron chi connectivity index (χ4n) is 3.40. The van der Waals surface area contributed by atoms with Gasteiger partial charge in [0.25, 0.3) is 0 Å². The zero-order chi connectivity index (χ0) is 13.9. The van der Waals surface area contributed by atoms with E-state index >= 15 is 0 Å². The third-order valence-corrected chi connectivity index (χ3v) is 4.63. The van der Waals surface area contributed by atoms with Crippen LogP contribution in [0.5, 0.6) is 0 Å². The molecule has 0 radical (unpaired) electrons. The van der Waals surface area contributed by atoms with Crippen molar-refractivity contribution >= 4 is 10.9 Å². The van der Waals surface area contributed by atoms with E-state index in [4.69, 9.17) is 5.73 Å². The lowest BCUT2D eigenvalue weighted by atomic mass is 10.0. The second kappa shape index (κ2) is 5.90. The number of likely N-dealkylation sites (N-methyl/N-ethyl adjacent to an activating group) is 1. The third kappa shape index (κ3) is 2.56. The first kappa shape index (κ1) is 13.5. The monoisotopic (exact) mass is 269 g/mol. The maximum atomic E-state index is 6.06. The molecule has 0 amide bonds. The molecule has 2 aromatic rings. The number of hydrogen-bond acceptors (Lipinski definition) is 3. The van der Waals surface area contributed by atoms with E-state index in [-0.39, 0.29) is 0 Å². The summed E-state index contributed by atoms with van der Waals surface area (Å²) in [5.74, 6) is 0. The van der Waals surface area contributed by atoms with Gasteiger partial charge in [0.05, 0.1) is 5.52 Å². The van der Waals surface area contributed by atoms with Crippen LogP contribution in [0.15, 0.2) is 36.5 Å². The second-order valence-electron chi connectivity index (χ2n) is 5.81. The Balaban J connectivity index is 1.89. The van der Waals surface area contributed by atoms with Crippen molar-refractivity contribution in [2.45, 2.75) is 37.8 Å². The highest BCUT2D eigenvalue weighted by molar-refractivity contribution is 5.79. The first-order valence-corrected chi connectivity index (χ1v) is 7.56. The Morgan fingerprint density at radius 3 is 2.85 bits per heavy atom. The van der Waals surface area contributed by atoms with Crippen molar-refractivity contribution in [3.63, 3.8) is 0 Å². The fourth-order valence-corrected chi connectivity index (χ4v) is 3.40. The molecule has 1 aromatic heterocycles. The molecule has 106 valence electrons. The normalized spacial score (nSPS) is 17.9. The van der Waals surface area contributed by atoms with Crippen LogP contribution < -0.4 is 5.73 Å². The highest BCUT2D eigenvalue weighted by Gasteiger charge is 2.25. The fraction of sp³-hybridized carbons (Fsp3) is 0.471. The summed E-state index contributed by atoms with van der Waals surface area (Å²) in [6.07, 6.45) is 7.17. The predicted octanol–water partition coefficient (Wildman–Crippen LogP) is 3.11. The van der Waals surface area contributed by atoms with Crippen LogP contribution in [0.1, 0.15) is 37.3 Å². The van der Waals surface area contributed by atoms with Gasteiger partial charge in [-0.25, -0.2) is 0 Å². The molecule has 3 rings (SSSR count). The van der Waals surface area contributed by atoms with Crippen LogP contribution >= 0.6 is 0 Å². The first-order chi connectivity index (χ1) is 9.79. The van der Waals surface area contributed by atoms with Crippen molar-refractivity contribution in [3.8, 4) is 0 Å². The molecular weight excluding hydrogens is 246 g/mol. The van der Waals surface area contributed by atoms with Gasteiger partial charge in [-0.05, 0) is 43.7 Å². The van der Waals surface area contributed by atoms with Gasteiger partial charge in [0.2, 0.25) is 0 Å². The minimum Gasteiger partial charge on any atom is -0.329 e. The lowest BCUT2D eigenvalue weighted by Gasteiger charge is -2.32. The van der Waals surface area contributed by atoms with Crippen molar-refractivity contribution in [1.29, 1.82) is 0 Å². The van der Waals surface area contributed by atoms with Gasteiger partial charge >= 0.3 is 0 Å². The smallest absolute Gasteiger partial charge is 0.0702 e. The lowest BCUT2D eigenvalue weighted by molar-refractivity contribution is 0.179. The molecule has 0 saturated heterocycles. The van der Waals surface area contributed by atoms with E-state index in [0.29, 0.717) is 18.6 Å². The summed E-state index contributed by atoms with van der Waals surface area (Å²) >= 11 is 0. The average Bonchev–Trinajstić information content (AvgIpc) is 3.02. The highest BCUT2D eigenvalue weighted by atomic mass is 15.2. The van der Waals surface area contributed by atoms with E-state index in [1.54, 1.807) is 0 Å². The summed E-state index contributed by atoms with van der Waals surface area (Å²) in [7, 11) is 2.22. The SMILES string of the molecule is CN(C1CCCC1)C(CN)c1ccc2ncccc2c1. The number of benzene rings is 1. The number of hydrogen-bond donors (Lipinski definition) is 1. The number of aromatic nitrogens is 1. The van der Waals surface area contributed by atoms with Gasteiger partial charge < -0.3 is 5.73 Å². The van der Waals surface area contributed by atoms with Crippen LogP contribution in [-0.4, -0.2) is 29.5 Å². The molecule has 1 heterocycles. The maximum Gasteiger partial charge on any atom is 0.0702 e. The molecule has 1 aliphatic carbocycles. The van der Waals surface area contributed by atoms with Gasteiger partial charge in [0, 0.05) is 30.2 Å². The predicted molar refractivity (Wildman–Crippen MR) is 83.6 cm³/mol. The Labute approximate surface area is 120 Å². The average molecular weight is 269 g/mol. The molecule has 2 N–H and O–H groups in total. The summed E-state index contributed by atoms with van der Waals surface area (Å²) in [6.45, 7) is 0.665. The third-order valence-electron chi connectivity index (χ3n) is 4.63. The van der Waals surface area contributed by atoms with Gasteiger partial charge in [0.15, 0.2) is 0 Å². The number of fused-ring (bicyclic) bond motifs is 1. The van der Waals surface area contributed by atoms with Gasteiger partial charge in [-0.1, -0.05) is 25.0 Å². The Morgan fingerprint density at radius 1 is 1.30 bits per heavy atom. The van der Waals surface area contributed by atoms with Crippen LogP contribution in [0.3, 0.4) is 0 Å². The second-order valence-corrected chi connectivity index (χ2v) is 5.81. The van der Waals surface area contributed by atoms with Crippen LogP contribution in [-0.2, 0) is 0 Å². The molecule has 3 nitrogen and oxygen atoms in total. The number of rotatable bonds is 4. The zero-order valence-electron chi connectivity index (χ0n) is 12.1. The van der Waals surface area contributed by atoms with Crippen molar-refractivity contribution in [2.75, 3.05) is 13.6 Å². The summed E-state index contributed by atoms with van der Waals surface area (Å²) in [6, 6.07) is 11.6. The van der Waals surface area contributed by atoms with Crippen molar-refractivity contribution in [3.05, 3.63) is 42.1 Å². The zero-order valence-corrected chi connectivity index (χ0v) is 12.1. The minimum atomic E-state index is 0.308. The van der Waals surface area contributed by atoms with Gasteiger partial charge in [-0.15, -0.1) is 0 Å². The summed E-state index contributed by atoms with van der Waals surface area (Å²) in [5, 5.41) is 1.20. The van der Waals surface area contributed by atoms with Gasteiger partial charge in [0.1, 0.15) is 0 Å². The molecule has 1 saturated carbocycles. The maximum absolute atomic E-state index is 6.06. The van der Waals surface area contributed by atoms with Crippen LogP contribution in [0, 0.1) is 0 Å². The van der Waals surface area contributed by atoms with E-state index in [9.17, 15) is 0 Å². The van der Waals surface area contributed by atoms with Crippen LogP contribution in [0.4, 0.5) is 0 Å². The molecule has 20 heavy (non-hydrogen) atoms. The summed E-state index contributed by atoms with van der Waals surface area (Å²) in [4.78, 5) is 6.86. The Bertz CT molecular complexity index is 575. The Hall–Kier alpha value is -1.45. The van der Waals surface area contributed by atoms with Crippen molar-refractivity contribution < 1.29 is 0 Å². The molecule has 1 atom stereocenters. The lowest BCUT2D eigenvalue weighted by Crippen LogP contribution is -2.37. The van der Waals surface area contributed by atoms with Gasteiger partial charge in [-0.2, -0.15) is 0 Å². The van der Waals surface area contributed by atoms with Crippen LogP contribution in [0.2, 0.25) is 0 Å². The quantitative estimate of drug-likeness (QED) is 0.927. The molecular formula is C17H23N3. The highest BCUT2D eigenvalue weighted by Crippen LogP contribution is 2.30. The summed E-state index contributed by atoms with van der Waals surface area (Å²) in [5.41, 5.74) is 8.42. The summed E-state index contributed by atoms with van der Waals surface area (Å²) < 4.78 is 0. The van der Waals surface area contributed by atoms with Crippen LogP contribution in [0.25, 0.3) is 10.9 Å². The standard InChI is InChI=1S/C17H23N3/c1-20(15-6-2-3-7-15)17(12-18)14-8-9-16-13(11-14)5-4-10-19-16/h4-5,8-11,15,17H,2-3,6-7,12,18H2,1H3. The van der Waals surface area contributed by atoms with E-state index < -0.39 is 0 Å². The Kier molecular flexibility index (Phi) is 3.99. The number of nitrogens with two attached hydrogens (primary N) is 1.